The second-order valence-corrected chi connectivity index (χ2v) is 7.14. The molecule has 1 heterocycles. The van der Waals surface area contributed by atoms with E-state index < -0.39 is 5.91 Å². The van der Waals surface area contributed by atoms with Gasteiger partial charge in [-0.3, -0.25) is 4.79 Å². The monoisotopic (exact) mass is 437 g/mol. The van der Waals surface area contributed by atoms with Gasteiger partial charge in [0.05, 0.1) is 18.2 Å². The standard InChI is InChI=1S/C24H24ClN3O3/c1-3-30-22-13-16(12-20(25)23(22)31-4-2)11-18(14-26)24(29)27-10-9-17-15-28-21-8-6-5-7-19(17)21/h5-8,11-13,15,28H,3-4,9-10H2,1-2H3,(H,27,29)/b18-11-. The van der Waals surface area contributed by atoms with Gasteiger partial charge in [-0.1, -0.05) is 29.8 Å². The van der Waals surface area contributed by atoms with Crippen molar-refractivity contribution in [2.75, 3.05) is 19.8 Å². The number of amides is 1. The molecule has 0 atom stereocenters. The second kappa shape index (κ2) is 10.6. The molecule has 0 saturated heterocycles. The van der Waals surface area contributed by atoms with Crippen LogP contribution in [-0.2, 0) is 11.2 Å². The number of ether oxygens (including phenoxy) is 2. The molecule has 6 nitrogen and oxygen atoms in total. The minimum Gasteiger partial charge on any atom is -0.490 e. The largest absolute Gasteiger partial charge is 0.490 e. The van der Waals surface area contributed by atoms with Crippen LogP contribution < -0.4 is 14.8 Å². The number of hydrogen-bond acceptors (Lipinski definition) is 4. The lowest BCUT2D eigenvalue weighted by molar-refractivity contribution is -0.117. The zero-order valence-corrected chi connectivity index (χ0v) is 18.3. The summed E-state index contributed by atoms with van der Waals surface area (Å²) in [5, 5.41) is 13.8. The van der Waals surface area contributed by atoms with Crippen LogP contribution in [0.2, 0.25) is 5.02 Å². The fraction of sp³-hybridized carbons (Fsp3) is 0.250. The highest BCUT2D eigenvalue weighted by Crippen LogP contribution is 2.37. The molecule has 7 heteroatoms. The molecule has 0 bridgehead atoms. The topological polar surface area (TPSA) is 87.1 Å². The average molecular weight is 438 g/mol. The zero-order chi connectivity index (χ0) is 22.2. The normalized spacial score (nSPS) is 11.2. The molecule has 0 aliphatic rings. The lowest BCUT2D eigenvalue weighted by Gasteiger charge is -2.13. The fourth-order valence-corrected chi connectivity index (χ4v) is 3.55. The number of para-hydroxylation sites is 1. The van der Waals surface area contributed by atoms with Gasteiger partial charge < -0.3 is 19.8 Å². The molecular weight excluding hydrogens is 414 g/mol. The van der Waals surface area contributed by atoms with E-state index in [1.807, 2.05) is 50.4 Å². The van der Waals surface area contributed by atoms with Crippen LogP contribution in [0.4, 0.5) is 0 Å². The van der Waals surface area contributed by atoms with Gasteiger partial charge in [0.2, 0.25) is 0 Å². The number of nitrogens with one attached hydrogen (secondary N) is 2. The Kier molecular flexibility index (Phi) is 7.58. The number of H-pyrrole nitrogens is 1. The molecule has 31 heavy (non-hydrogen) atoms. The third-order valence-corrected chi connectivity index (χ3v) is 4.93. The zero-order valence-electron chi connectivity index (χ0n) is 17.5. The summed E-state index contributed by atoms with van der Waals surface area (Å²) in [5.74, 6) is 0.482. The molecule has 2 aromatic carbocycles. The van der Waals surface area contributed by atoms with Crippen molar-refractivity contribution in [1.82, 2.24) is 10.3 Å². The van der Waals surface area contributed by atoms with Crippen LogP contribution in [0.15, 0.2) is 48.2 Å². The van der Waals surface area contributed by atoms with Crippen LogP contribution in [-0.4, -0.2) is 30.6 Å². The molecule has 0 radical (unpaired) electrons. The molecule has 0 unspecified atom stereocenters. The first-order chi connectivity index (χ1) is 15.1. The molecule has 0 saturated carbocycles. The van der Waals surface area contributed by atoms with Gasteiger partial charge in [0.1, 0.15) is 11.6 Å². The summed E-state index contributed by atoms with van der Waals surface area (Å²) >= 11 is 6.32. The van der Waals surface area contributed by atoms with Gasteiger partial charge in [0.25, 0.3) is 5.91 Å². The third kappa shape index (κ3) is 5.39. The van der Waals surface area contributed by atoms with E-state index in [4.69, 9.17) is 21.1 Å². The molecule has 2 N–H and O–H groups in total. The van der Waals surface area contributed by atoms with Crippen LogP contribution in [0.3, 0.4) is 0 Å². The summed E-state index contributed by atoms with van der Waals surface area (Å²) in [5.41, 5.74) is 2.73. The number of benzene rings is 2. The van der Waals surface area contributed by atoms with E-state index in [-0.39, 0.29) is 5.57 Å². The molecule has 0 fully saturated rings. The van der Waals surface area contributed by atoms with Crippen LogP contribution >= 0.6 is 11.6 Å². The average Bonchev–Trinajstić information content (AvgIpc) is 3.17. The second-order valence-electron chi connectivity index (χ2n) is 6.73. The summed E-state index contributed by atoms with van der Waals surface area (Å²) < 4.78 is 11.2. The summed E-state index contributed by atoms with van der Waals surface area (Å²) in [7, 11) is 0. The van der Waals surface area contributed by atoms with Gasteiger partial charge in [-0.15, -0.1) is 0 Å². The quantitative estimate of drug-likeness (QED) is 0.368. The van der Waals surface area contributed by atoms with E-state index in [1.165, 1.54) is 6.08 Å². The number of aromatic amines is 1. The molecule has 3 rings (SSSR count). The number of nitriles is 1. The van der Waals surface area contributed by atoms with Gasteiger partial charge in [-0.25, -0.2) is 0 Å². The van der Waals surface area contributed by atoms with Crippen molar-refractivity contribution in [2.24, 2.45) is 0 Å². The van der Waals surface area contributed by atoms with Crippen LogP contribution in [0.1, 0.15) is 25.0 Å². The first-order valence-corrected chi connectivity index (χ1v) is 10.5. The highest BCUT2D eigenvalue weighted by Gasteiger charge is 2.14. The van der Waals surface area contributed by atoms with E-state index in [1.54, 1.807) is 12.1 Å². The summed E-state index contributed by atoms with van der Waals surface area (Å²) in [6.45, 7) is 5.00. The van der Waals surface area contributed by atoms with Crippen LogP contribution in [0, 0.1) is 11.3 Å². The fourth-order valence-electron chi connectivity index (χ4n) is 3.28. The van der Waals surface area contributed by atoms with Gasteiger partial charge in [-0.05, 0) is 55.7 Å². The predicted octanol–water partition coefficient (Wildman–Crippen LogP) is 4.88. The van der Waals surface area contributed by atoms with E-state index in [9.17, 15) is 10.1 Å². The smallest absolute Gasteiger partial charge is 0.261 e. The van der Waals surface area contributed by atoms with Crippen LogP contribution in [0.5, 0.6) is 11.5 Å². The van der Waals surface area contributed by atoms with Crippen molar-refractivity contribution in [1.29, 1.82) is 5.26 Å². The maximum absolute atomic E-state index is 12.5. The number of aromatic nitrogens is 1. The van der Waals surface area contributed by atoms with Gasteiger partial charge in [-0.2, -0.15) is 5.26 Å². The third-order valence-electron chi connectivity index (χ3n) is 4.65. The maximum atomic E-state index is 12.5. The van der Waals surface area contributed by atoms with E-state index >= 15 is 0 Å². The highest BCUT2D eigenvalue weighted by atomic mass is 35.5. The molecule has 0 spiro atoms. The Balaban J connectivity index is 1.72. The number of fused-ring (bicyclic) bond motifs is 1. The first kappa shape index (κ1) is 22.3. The summed E-state index contributed by atoms with van der Waals surface area (Å²) in [6.07, 6.45) is 4.08. The molecule has 0 aliphatic heterocycles. The number of hydrogen-bond donors (Lipinski definition) is 2. The summed E-state index contributed by atoms with van der Waals surface area (Å²) in [4.78, 5) is 15.8. The number of rotatable bonds is 9. The van der Waals surface area contributed by atoms with Crippen molar-refractivity contribution < 1.29 is 14.3 Å². The summed E-state index contributed by atoms with van der Waals surface area (Å²) in [6, 6.07) is 13.3. The Morgan fingerprint density at radius 3 is 2.74 bits per heavy atom. The van der Waals surface area contributed by atoms with Gasteiger partial charge in [0.15, 0.2) is 11.5 Å². The van der Waals surface area contributed by atoms with Crippen molar-refractivity contribution in [3.8, 4) is 17.6 Å². The van der Waals surface area contributed by atoms with Crippen molar-refractivity contribution in [3.63, 3.8) is 0 Å². The minimum atomic E-state index is -0.440. The number of halogens is 1. The Bertz CT molecular complexity index is 1140. The molecule has 0 aliphatic carbocycles. The molecule has 1 amide bonds. The Morgan fingerprint density at radius 1 is 1.23 bits per heavy atom. The maximum Gasteiger partial charge on any atom is 0.261 e. The highest BCUT2D eigenvalue weighted by molar-refractivity contribution is 6.32. The first-order valence-electron chi connectivity index (χ1n) is 10.1. The molecular formula is C24H24ClN3O3. The molecule has 1 aromatic heterocycles. The van der Waals surface area contributed by atoms with Crippen molar-refractivity contribution in [3.05, 3.63) is 64.3 Å². The van der Waals surface area contributed by atoms with Crippen molar-refractivity contribution in [2.45, 2.75) is 20.3 Å². The number of carbonyl (C=O) groups excluding carboxylic acids is 1. The lowest BCUT2D eigenvalue weighted by Crippen LogP contribution is -2.26. The van der Waals surface area contributed by atoms with Crippen LogP contribution in [0.25, 0.3) is 17.0 Å². The number of nitrogens with zero attached hydrogens (tertiary/aromatic N) is 1. The van der Waals surface area contributed by atoms with Crippen molar-refractivity contribution >= 4 is 34.5 Å². The lowest BCUT2D eigenvalue weighted by atomic mass is 10.1. The van der Waals surface area contributed by atoms with Gasteiger partial charge >= 0.3 is 0 Å². The predicted molar refractivity (Wildman–Crippen MR) is 122 cm³/mol. The van der Waals surface area contributed by atoms with Gasteiger partial charge in [0, 0.05) is 23.6 Å². The Labute approximate surface area is 186 Å². The molecule has 160 valence electrons. The van der Waals surface area contributed by atoms with E-state index in [0.29, 0.717) is 48.3 Å². The molecule has 3 aromatic rings. The minimum absolute atomic E-state index is 0.0124. The SMILES string of the molecule is CCOc1cc(/C=C(/C#N)C(=O)NCCc2c[nH]c3ccccc23)cc(Cl)c1OCC. The number of carbonyl (C=O) groups is 1. The van der Waals surface area contributed by atoms with E-state index in [0.717, 1.165) is 16.5 Å². The Hall–Kier alpha value is -3.43. The van der Waals surface area contributed by atoms with E-state index in [2.05, 4.69) is 10.3 Å². The Morgan fingerprint density at radius 2 is 2.00 bits per heavy atom.